The minimum Gasteiger partial charge on any atom is -0.494 e. The van der Waals surface area contributed by atoms with Crippen molar-refractivity contribution in [3.8, 4) is 5.75 Å². The number of ether oxygens (including phenoxy) is 1. The number of hydrogen-bond donors (Lipinski definition) is 1. The van der Waals surface area contributed by atoms with Crippen molar-refractivity contribution in [2.24, 2.45) is 0 Å². The van der Waals surface area contributed by atoms with Crippen LogP contribution in [0.2, 0.25) is 0 Å². The molecule has 0 radical (unpaired) electrons. The zero-order valence-electron chi connectivity index (χ0n) is 16.7. The first-order valence-electron chi connectivity index (χ1n) is 9.66. The first-order valence-corrected chi connectivity index (χ1v) is 9.66. The molecule has 0 amide bonds. The molecule has 28 heavy (non-hydrogen) atoms. The molecule has 146 valence electrons. The predicted octanol–water partition coefficient (Wildman–Crippen LogP) is 3.27. The summed E-state index contributed by atoms with van der Waals surface area (Å²) in [5, 5.41) is 12.3. The predicted molar refractivity (Wildman–Crippen MR) is 113 cm³/mol. The molecule has 5 heteroatoms. The van der Waals surface area contributed by atoms with Crippen molar-refractivity contribution < 1.29 is 9.84 Å². The molecule has 0 aliphatic carbocycles. The van der Waals surface area contributed by atoms with E-state index in [9.17, 15) is 5.11 Å². The molecule has 4 rings (SSSR count). The number of benzene rings is 2. The fourth-order valence-corrected chi connectivity index (χ4v) is 4.42. The number of aliphatic hydroxyl groups excluding tert-OH is 1. The molecule has 1 saturated heterocycles. The van der Waals surface area contributed by atoms with Crippen molar-refractivity contribution in [1.82, 2.24) is 9.88 Å². The number of aliphatic hydroxyl groups is 1. The second-order valence-electron chi connectivity index (χ2n) is 7.60. The van der Waals surface area contributed by atoms with Gasteiger partial charge in [0.15, 0.2) is 0 Å². The monoisotopic (exact) mass is 377 g/mol. The van der Waals surface area contributed by atoms with Crippen LogP contribution in [0, 0.1) is 0 Å². The Bertz CT molecular complexity index is 960. The van der Waals surface area contributed by atoms with Crippen molar-refractivity contribution in [1.29, 1.82) is 0 Å². The smallest absolute Gasteiger partial charge is 0.145 e. The lowest BCUT2D eigenvalue weighted by Crippen LogP contribution is -2.60. The summed E-state index contributed by atoms with van der Waals surface area (Å²) in [5.41, 5.74) is 1.61. The zero-order valence-corrected chi connectivity index (χ0v) is 16.7. The number of rotatable bonds is 4. The molecule has 2 atom stereocenters. The lowest BCUT2D eigenvalue weighted by Gasteiger charge is -2.50. The lowest BCUT2D eigenvalue weighted by atomic mass is 9.77. The van der Waals surface area contributed by atoms with E-state index >= 15 is 0 Å². The molecular weight excluding hydrogens is 350 g/mol. The fraction of sp³-hybridized carbons (Fsp3) is 0.348. The van der Waals surface area contributed by atoms with Crippen LogP contribution in [-0.2, 0) is 5.54 Å². The van der Waals surface area contributed by atoms with Gasteiger partial charge in [0.1, 0.15) is 17.1 Å². The number of anilines is 1. The average molecular weight is 377 g/mol. The van der Waals surface area contributed by atoms with Crippen LogP contribution in [0.1, 0.15) is 12.0 Å². The van der Waals surface area contributed by atoms with Gasteiger partial charge >= 0.3 is 0 Å². The fourth-order valence-electron chi connectivity index (χ4n) is 4.42. The number of para-hydroxylation sites is 1. The SMILES string of the molecule is COc1cccc2ccc(N3CC[C@@](c4ccccc4)(N(C)C)[C@H](O)C3)nc12. The molecule has 1 aromatic heterocycles. The van der Waals surface area contributed by atoms with Gasteiger partial charge in [0.05, 0.1) is 18.8 Å². The number of nitrogens with zero attached hydrogens (tertiary/aromatic N) is 3. The van der Waals surface area contributed by atoms with Gasteiger partial charge in [-0.3, -0.25) is 4.90 Å². The molecule has 3 aromatic rings. The third kappa shape index (κ3) is 3.01. The Morgan fingerprint density at radius 1 is 1.07 bits per heavy atom. The molecule has 5 nitrogen and oxygen atoms in total. The summed E-state index contributed by atoms with van der Waals surface area (Å²) in [6.45, 7) is 1.35. The Balaban J connectivity index is 1.66. The van der Waals surface area contributed by atoms with Gasteiger partial charge in [-0.25, -0.2) is 4.98 Å². The number of fused-ring (bicyclic) bond motifs is 1. The van der Waals surface area contributed by atoms with Crippen molar-refractivity contribution in [2.75, 3.05) is 39.2 Å². The van der Waals surface area contributed by atoms with E-state index in [2.05, 4.69) is 28.0 Å². The van der Waals surface area contributed by atoms with E-state index in [4.69, 9.17) is 9.72 Å². The molecule has 0 unspecified atom stereocenters. The molecule has 0 spiro atoms. The molecule has 0 bridgehead atoms. The van der Waals surface area contributed by atoms with Gasteiger partial charge in [-0.15, -0.1) is 0 Å². The normalized spacial score (nSPS) is 22.6. The Morgan fingerprint density at radius 3 is 2.54 bits per heavy atom. The molecule has 0 saturated carbocycles. The highest BCUT2D eigenvalue weighted by molar-refractivity contribution is 5.86. The number of methoxy groups -OCH3 is 1. The highest BCUT2D eigenvalue weighted by Crippen LogP contribution is 2.39. The third-order valence-corrected chi connectivity index (χ3v) is 5.99. The van der Waals surface area contributed by atoms with Crippen LogP contribution < -0.4 is 9.64 Å². The summed E-state index contributed by atoms with van der Waals surface area (Å²) in [4.78, 5) is 9.17. The Kier molecular flexibility index (Phi) is 4.96. The van der Waals surface area contributed by atoms with E-state index in [1.807, 2.05) is 56.6 Å². The van der Waals surface area contributed by atoms with E-state index < -0.39 is 11.6 Å². The molecule has 1 aliphatic heterocycles. The highest BCUT2D eigenvalue weighted by atomic mass is 16.5. The van der Waals surface area contributed by atoms with Crippen molar-refractivity contribution in [2.45, 2.75) is 18.1 Å². The summed E-state index contributed by atoms with van der Waals surface area (Å²) >= 11 is 0. The van der Waals surface area contributed by atoms with E-state index in [-0.39, 0.29) is 0 Å². The van der Waals surface area contributed by atoms with Gasteiger partial charge in [-0.05, 0) is 44.3 Å². The van der Waals surface area contributed by atoms with Crippen LogP contribution in [0.25, 0.3) is 10.9 Å². The second-order valence-corrected chi connectivity index (χ2v) is 7.60. The minimum atomic E-state index is -0.534. The van der Waals surface area contributed by atoms with E-state index in [1.165, 1.54) is 0 Å². The molecular formula is C23H27N3O2. The van der Waals surface area contributed by atoms with Crippen molar-refractivity contribution in [3.63, 3.8) is 0 Å². The third-order valence-electron chi connectivity index (χ3n) is 5.99. The number of β-amino-alcohol motifs (C(OH)–C–C–N with tert-alkyl or cyclic N) is 1. The zero-order chi connectivity index (χ0) is 19.7. The van der Waals surface area contributed by atoms with Crippen LogP contribution in [-0.4, -0.2) is 55.4 Å². The molecule has 1 N–H and O–H groups in total. The van der Waals surface area contributed by atoms with Crippen LogP contribution in [0.5, 0.6) is 5.75 Å². The molecule has 1 aliphatic rings. The Labute approximate surface area is 166 Å². The minimum absolute atomic E-state index is 0.397. The van der Waals surface area contributed by atoms with Gasteiger partial charge in [0, 0.05) is 18.5 Å². The summed E-state index contributed by atoms with van der Waals surface area (Å²) < 4.78 is 5.48. The number of aromatic nitrogens is 1. The van der Waals surface area contributed by atoms with Crippen LogP contribution >= 0.6 is 0 Å². The summed E-state index contributed by atoms with van der Waals surface area (Å²) in [6, 6.07) is 20.3. The van der Waals surface area contributed by atoms with Crippen molar-refractivity contribution in [3.05, 3.63) is 66.2 Å². The van der Waals surface area contributed by atoms with E-state index in [0.29, 0.717) is 6.54 Å². The number of piperidine rings is 1. The quantitative estimate of drug-likeness (QED) is 0.756. The standard InChI is InChI=1S/C23H27N3O2/c1-25(2)23(18-9-5-4-6-10-18)14-15-26(16-20(23)27)21-13-12-17-8-7-11-19(28-3)22(17)24-21/h4-13,20,27H,14-16H2,1-3H3/t20-,23+/m1/s1. The van der Waals surface area contributed by atoms with E-state index in [1.54, 1.807) is 7.11 Å². The molecule has 2 aromatic carbocycles. The topological polar surface area (TPSA) is 48.8 Å². The number of hydrogen-bond acceptors (Lipinski definition) is 5. The van der Waals surface area contributed by atoms with Gasteiger partial charge in [0.25, 0.3) is 0 Å². The van der Waals surface area contributed by atoms with Gasteiger partial charge in [0.2, 0.25) is 0 Å². The molecule has 1 fully saturated rings. The van der Waals surface area contributed by atoms with Gasteiger partial charge < -0.3 is 14.7 Å². The van der Waals surface area contributed by atoms with Gasteiger partial charge in [-0.1, -0.05) is 42.5 Å². The van der Waals surface area contributed by atoms with Crippen LogP contribution in [0.3, 0.4) is 0 Å². The maximum absolute atomic E-state index is 11.3. The summed E-state index contributed by atoms with van der Waals surface area (Å²) in [6.07, 6.45) is 0.283. The highest BCUT2D eigenvalue weighted by Gasteiger charge is 2.45. The summed E-state index contributed by atoms with van der Waals surface area (Å²) in [7, 11) is 5.76. The lowest BCUT2D eigenvalue weighted by molar-refractivity contribution is -0.0246. The van der Waals surface area contributed by atoms with E-state index in [0.717, 1.165) is 41.0 Å². The van der Waals surface area contributed by atoms with Gasteiger partial charge in [-0.2, -0.15) is 0 Å². The maximum atomic E-state index is 11.3. The maximum Gasteiger partial charge on any atom is 0.145 e. The first kappa shape index (κ1) is 18.7. The number of likely N-dealkylation sites (N-methyl/N-ethyl adjacent to an activating group) is 1. The largest absolute Gasteiger partial charge is 0.494 e. The Hall–Kier alpha value is -2.63. The first-order chi connectivity index (χ1) is 13.6. The Morgan fingerprint density at radius 2 is 1.86 bits per heavy atom. The molecule has 2 heterocycles. The number of pyridine rings is 1. The van der Waals surface area contributed by atoms with Crippen LogP contribution in [0.4, 0.5) is 5.82 Å². The van der Waals surface area contributed by atoms with Crippen LogP contribution in [0.15, 0.2) is 60.7 Å². The summed E-state index contributed by atoms with van der Waals surface area (Å²) in [5.74, 6) is 1.64. The van der Waals surface area contributed by atoms with Crippen molar-refractivity contribution >= 4 is 16.7 Å². The second kappa shape index (κ2) is 7.41. The average Bonchev–Trinajstić information content (AvgIpc) is 2.73.